The lowest BCUT2D eigenvalue weighted by atomic mass is 10.2. The Balaban J connectivity index is 1.75. The number of thiazole rings is 1. The standard InChI is InChI=1S/C13H22N4O2S/c1-19-8-7-16-13-17-11(14)10(20-13)12(18)15-6-2-3-9-4-5-9/h9H,2-8,14H2,1H3,(H,15,18)(H,16,17). The van der Waals surface area contributed by atoms with E-state index in [4.69, 9.17) is 10.5 Å². The van der Waals surface area contributed by atoms with Crippen LogP contribution in [-0.4, -0.2) is 37.7 Å². The van der Waals surface area contributed by atoms with Crippen molar-refractivity contribution in [3.63, 3.8) is 0 Å². The number of nitrogens with two attached hydrogens (primary N) is 1. The molecule has 0 bridgehead atoms. The summed E-state index contributed by atoms with van der Waals surface area (Å²) >= 11 is 1.28. The van der Waals surface area contributed by atoms with Gasteiger partial charge in [-0.15, -0.1) is 0 Å². The number of methoxy groups -OCH3 is 1. The highest BCUT2D eigenvalue weighted by molar-refractivity contribution is 7.18. The Kier molecular flexibility index (Phi) is 5.60. The maximum Gasteiger partial charge on any atom is 0.265 e. The van der Waals surface area contributed by atoms with Gasteiger partial charge in [0, 0.05) is 20.2 Å². The molecule has 0 unspecified atom stereocenters. The molecule has 0 spiro atoms. The smallest absolute Gasteiger partial charge is 0.265 e. The van der Waals surface area contributed by atoms with E-state index in [9.17, 15) is 4.79 Å². The largest absolute Gasteiger partial charge is 0.383 e. The van der Waals surface area contributed by atoms with Crippen LogP contribution in [0.15, 0.2) is 0 Å². The second kappa shape index (κ2) is 7.44. The summed E-state index contributed by atoms with van der Waals surface area (Å²) in [5.41, 5.74) is 5.78. The van der Waals surface area contributed by atoms with Gasteiger partial charge < -0.3 is 21.1 Å². The molecule has 1 aromatic heterocycles. The van der Waals surface area contributed by atoms with Crippen molar-refractivity contribution in [2.45, 2.75) is 25.7 Å². The lowest BCUT2D eigenvalue weighted by molar-refractivity contribution is 0.0957. The van der Waals surface area contributed by atoms with Crippen LogP contribution < -0.4 is 16.4 Å². The molecule has 112 valence electrons. The molecule has 0 aromatic carbocycles. The van der Waals surface area contributed by atoms with Gasteiger partial charge in [0.1, 0.15) is 10.7 Å². The van der Waals surface area contributed by atoms with Crippen molar-refractivity contribution < 1.29 is 9.53 Å². The summed E-state index contributed by atoms with van der Waals surface area (Å²) in [5.74, 6) is 1.06. The maximum absolute atomic E-state index is 12.0. The van der Waals surface area contributed by atoms with Crippen LogP contribution >= 0.6 is 11.3 Å². The number of ether oxygens (including phenoxy) is 1. The molecule has 0 saturated heterocycles. The Morgan fingerprint density at radius 3 is 3.00 bits per heavy atom. The van der Waals surface area contributed by atoms with E-state index in [0.717, 1.165) is 12.3 Å². The summed E-state index contributed by atoms with van der Waals surface area (Å²) in [6, 6.07) is 0. The molecule has 1 aromatic rings. The number of hydrogen-bond donors (Lipinski definition) is 3. The van der Waals surface area contributed by atoms with Crippen molar-refractivity contribution in [2.24, 2.45) is 5.92 Å². The summed E-state index contributed by atoms with van der Waals surface area (Å²) in [5, 5.41) is 6.63. The number of carbonyl (C=O) groups excluding carboxylic acids is 1. The molecular formula is C13H22N4O2S. The number of amides is 1. The number of hydrogen-bond acceptors (Lipinski definition) is 6. The normalized spacial score (nSPS) is 14.2. The minimum atomic E-state index is -0.129. The molecule has 7 heteroatoms. The zero-order valence-corrected chi connectivity index (χ0v) is 12.6. The van der Waals surface area contributed by atoms with Crippen molar-refractivity contribution >= 4 is 28.2 Å². The topological polar surface area (TPSA) is 89.3 Å². The van der Waals surface area contributed by atoms with E-state index < -0.39 is 0 Å². The fraction of sp³-hybridized carbons (Fsp3) is 0.692. The first-order valence-electron chi connectivity index (χ1n) is 6.98. The molecule has 0 atom stereocenters. The molecule has 1 heterocycles. The van der Waals surface area contributed by atoms with E-state index in [2.05, 4.69) is 15.6 Å². The van der Waals surface area contributed by atoms with E-state index in [-0.39, 0.29) is 11.7 Å². The molecule has 4 N–H and O–H groups in total. The summed E-state index contributed by atoms with van der Waals surface area (Å²) in [6.45, 7) is 1.94. The average Bonchev–Trinajstić information content (AvgIpc) is 3.18. The summed E-state index contributed by atoms with van der Waals surface area (Å²) < 4.78 is 4.94. The molecule has 1 aliphatic rings. The molecule has 20 heavy (non-hydrogen) atoms. The van der Waals surface area contributed by atoms with Crippen LogP contribution in [0.1, 0.15) is 35.4 Å². The molecule has 0 radical (unpaired) electrons. The summed E-state index contributed by atoms with van der Waals surface area (Å²) in [6.07, 6.45) is 4.95. The van der Waals surface area contributed by atoms with Gasteiger partial charge in [-0.05, 0) is 18.8 Å². The second-order valence-corrected chi connectivity index (χ2v) is 5.99. The SMILES string of the molecule is COCCNc1nc(N)c(C(=O)NCCCC2CC2)s1. The first-order valence-corrected chi connectivity index (χ1v) is 7.79. The fourth-order valence-corrected chi connectivity index (χ4v) is 2.74. The molecule has 2 rings (SSSR count). The first kappa shape index (κ1) is 15.1. The number of carbonyl (C=O) groups is 1. The molecule has 6 nitrogen and oxygen atoms in total. The van der Waals surface area contributed by atoms with E-state index in [1.807, 2.05) is 0 Å². The van der Waals surface area contributed by atoms with E-state index in [1.54, 1.807) is 7.11 Å². The van der Waals surface area contributed by atoms with Crippen molar-refractivity contribution in [3.8, 4) is 0 Å². The van der Waals surface area contributed by atoms with Crippen LogP contribution in [0.4, 0.5) is 10.9 Å². The van der Waals surface area contributed by atoms with Gasteiger partial charge in [0.15, 0.2) is 5.13 Å². The molecule has 1 fully saturated rings. The van der Waals surface area contributed by atoms with Crippen LogP contribution in [-0.2, 0) is 4.74 Å². The maximum atomic E-state index is 12.0. The molecule has 0 aliphatic heterocycles. The number of anilines is 2. The first-order chi connectivity index (χ1) is 9.70. The van der Waals surface area contributed by atoms with Crippen LogP contribution in [0, 0.1) is 5.92 Å². The Hall–Kier alpha value is -1.34. The van der Waals surface area contributed by atoms with Gasteiger partial charge in [0.05, 0.1) is 6.61 Å². The van der Waals surface area contributed by atoms with Gasteiger partial charge in [-0.3, -0.25) is 4.79 Å². The highest BCUT2D eigenvalue weighted by atomic mass is 32.1. The van der Waals surface area contributed by atoms with Gasteiger partial charge in [0.25, 0.3) is 5.91 Å². The van der Waals surface area contributed by atoms with E-state index in [0.29, 0.717) is 29.7 Å². The fourth-order valence-electron chi connectivity index (χ4n) is 1.91. The summed E-state index contributed by atoms with van der Waals surface area (Å²) in [7, 11) is 1.64. The zero-order chi connectivity index (χ0) is 14.4. The van der Waals surface area contributed by atoms with Gasteiger partial charge in [-0.2, -0.15) is 0 Å². The third-order valence-corrected chi connectivity index (χ3v) is 4.24. The zero-order valence-electron chi connectivity index (χ0n) is 11.8. The third-order valence-electron chi connectivity index (χ3n) is 3.21. The van der Waals surface area contributed by atoms with Gasteiger partial charge in [-0.1, -0.05) is 24.2 Å². The number of nitrogen functional groups attached to an aromatic ring is 1. The minimum Gasteiger partial charge on any atom is -0.383 e. The Labute approximate surface area is 123 Å². The van der Waals surface area contributed by atoms with Crippen molar-refractivity contribution in [1.29, 1.82) is 0 Å². The van der Waals surface area contributed by atoms with Crippen LogP contribution in [0.2, 0.25) is 0 Å². The predicted octanol–water partition coefficient (Wildman–Crippen LogP) is 1.70. The molecule has 1 saturated carbocycles. The van der Waals surface area contributed by atoms with E-state index in [1.165, 1.54) is 30.6 Å². The lowest BCUT2D eigenvalue weighted by Crippen LogP contribution is -2.24. The number of nitrogens with zero attached hydrogens (tertiary/aromatic N) is 1. The van der Waals surface area contributed by atoms with Crippen molar-refractivity contribution in [2.75, 3.05) is 37.9 Å². The lowest BCUT2D eigenvalue weighted by Gasteiger charge is -2.03. The highest BCUT2D eigenvalue weighted by Crippen LogP contribution is 2.33. The average molecular weight is 298 g/mol. The molecule has 1 aliphatic carbocycles. The monoisotopic (exact) mass is 298 g/mol. The number of aromatic nitrogens is 1. The second-order valence-electron chi connectivity index (χ2n) is 4.99. The Morgan fingerprint density at radius 1 is 1.50 bits per heavy atom. The van der Waals surface area contributed by atoms with Gasteiger partial charge in [0.2, 0.25) is 0 Å². The Bertz CT molecular complexity index is 446. The highest BCUT2D eigenvalue weighted by Gasteiger charge is 2.20. The number of rotatable bonds is 9. The summed E-state index contributed by atoms with van der Waals surface area (Å²) in [4.78, 5) is 16.6. The molecule has 1 amide bonds. The van der Waals surface area contributed by atoms with Crippen LogP contribution in [0.5, 0.6) is 0 Å². The third kappa shape index (κ3) is 4.64. The predicted molar refractivity (Wildman–Crippen MR) is 81.2 cm³/mol. The van der Waals surface area contributed by atoms with Crippen molar-refractivity contribution in [1.82, 2.24) is 10.3 Å². The van der Waals surface area contributed by atoms with E-state index >= 15 is 0 Å². The van der Waals surface area contributed by atoms with Crippen molar-refractivity contribution in [3.05, 3.63) is 4.88 Å². The quantitative estimate of drug-likeness (QED) is 0.604. The minimum absolute atomic E-state index is 0.129. The van der Waals surface area contributed by atoms with Gasteiger partial charge >= 0.3 is 0 Å². The Morgan fingerprint density at radius 2 is 2.30 bits per heavy atom. The van der Waals surface area contributed by atoms with Crippen LogP contribution in [0.3, 0.4) is 0 Å². The van der Waals surface area contributed by atoms with Crippen LogP contribution in [0.25, 0.3) is 0 Å². The van der Waals surface area contributed by atoms with Gasteiger partial charge in [-0.25, -0.2) is 4.98 Å². The number of nitrogens with one attached hydrogen (secondary N) is 2. The molecular weight excluding hydrogens is 276 g/mol.